The van der Waals surface area contributed by atoms with E-state index in [1.54, 1.807) is 11.2 Å². The fraction of sp³-hybridized carbons (Fsp3) is 1.00. The largest absolute Gasteiger partial charge is 0.316 e. The van der Waals surface area contributed by atoms with Crippen LogP contribution in [0.1, 0.15) is 41.0 Å². The van der Waals surface area contributed by atoms with E-state index in [9.17, 15) is 8.42 Å². The summed E-state index contributed by atoms with van der Waals surface area (Å²) in [4.78, 5) is 0. The van der Waals surface area contributed by atoms with Gasteiger partial charge in [-0.2, -0.15) is 0 Å². The predicted molar refractivity (Wildman–Crippen MR) is 76.1 cm³/mol. The van der Waals surface area contributed by atoms with Gasteiger partial charge in [0.2, 0.25) is 10.0 Å². The van der Waals surface area contributed by atoms with Gasteiger partial charge in [0.1, 0.15) is 0 Å². The summed E-state index contributed by atoms with van der Waals surface area (Å²) in [5.41, 5.74) is 0.190. The van der Waals surface area contributed by atoms with Crippen molar-refractivity contribution in [2.24, 2.45) is 11.3 Å². The van der Waals surface area contributed by atoms with Crippen molar-refractivity contribution in [3.63, 3.8) is 0 Å². The third-order valence-corrected chi connectivity index (χ3v) is 6.16. The summed E-state index contributed by atoms with van der Waals surface area (Å²) in [6, 6.07) is 0. The Labute approximate surface area is 112 Å². The molecule has 0 aromatic carbocycles. The molecule has 0 aliphatic carbocycles. The molecule has 2 unspecified atom stereocenters. The van der Waals surface area contributed by atoms with Crippen LogP contribution in [0.2, 0.25) is 0 Å². The van der Waals surface area contributed by atoms with Gasteiger partial charge in [-0.1, -0.05) is 27.7 Å². The lowest BCUT2D eigenvalue weighted by Crippen LogP contribution is -2.41. The number of nitrogens with one attached hydrogen (secondary N) is 1. The maximum absolute atomic E-state index is 12.4. The van der Waals surface area contributed by atoms with Gasteiger partial charge in [0.15, 0.2) is 0 Å². The van der Waals surface area contributed by atoms with E-state index in [1.165, 1.54) is 0 Å². The molecule has 1 heterocycles. The lowest BCUT2D eigenvalue weighted by atomic mass is 9.80. The second kappa shape index (κ2) is 5.88. The van der Waals surface area contributed by atoms with Gasteiger partial charge in [-0.3, -0.25) is 0 Å². The van der Waals surface area contributed by atoms with Gasteiger partial charge < -0.3 is 5.32 Å². The molecule has 0 radical (unpaired) electrons. The first-order chi connectivity index (χ1) is 8.19. The molecule has 0 aromatic heterocycles. The molecule has 0 amide bonds. The smallest absolute Gasteiger partial charge is 0.217 e. The van der Waals surface area contributed by atoms with Gasteiger partial charge in [0.05, 0.1) is 5.25 Å². The van der Waals surface area contributed by atoms with E-state index in [0.29, 0.717) is 25.6 Å². The second-order valence-corrected chi connectivity index (χ2v) is 8.72. The van der Waals surface area contributed by atoms with Gasteiger partial charge in [-0.05, 0) is 31.2 Å². The molecule has 1 rings (SSSR count). The highest BCUT2D eigenvalue weighted by Gasteiger charge is 2.38. The van der Waals surface area contributed by atoms with Crippen molar-refractivity contribution in [2.45, 2.75) is 46.3 Å². The molecule has 108 valence electrons. The fourth-order valence-corrected chi connectivity index (χ4v) is 3.96. The number of rotatable bonds is 5. The minimum atomic E-state index is -3.13. The Morgan fingerprint density at radius 2 is 2.00 bits per heavy atom. The van der Waals surface area contributed by atoms with Crippen molar-refractivity contribution in [3.8, 4) is 0 Å². The summed E-state index contributed by atoms with van der Waals surface area (Å²) in [5.74, 6) is 0.471. The van der Waals surface area contributed by atoms with Gasteiger partial charge >= 0.3 is 0 Å². The van der Waals surface area contributed by atoms with E-state index in [4.69, 9.17) is 0 Å². The summed E-state index contributed by atoms with van der Waals surface area (Å²) < 4.78 is 26.5. The van der Waals surface area contributed by atoms with Crippen molar-refractivity contribution in [1.29, 1.82) is 0 Å². The van der Waals surface area contributed by atoms with Crippen LogP contribution in [0, 0.1) is 11.3 Å². The van der Waals surface area contributed by atoms with Crippen LogP contribution in [0.25, 0.3) is 0 Å². The summed E-state index contributed by atoms with van der Waals surface area (Å²) in [6.45, 7) is 13.1. The van der Waals surface area contributed by atoms with Crippen molar-refractivity contribution in [1.82, 2.24) is 9.62 Å². The van der Waals surface area contributed by atoms with Crippen LogP contribution < -0.4 is 5.32 Å². The van der Waals surface area contributed by atoms with E-state index in [-0.39, 0.29) is 10.7 Å². The summed E-state index contributed by atoms with van der Waals surface area (Å²) in [5, 5.41) is 2.78. The zero-order valence-corrected chi connectivity index (χ0v) is 13.2. The molecule has 5 heteroatoms. The topological polar surface area (TPSA) is 49.4 Å². The molecule has 0 spiro atoms. The lowest BCUT2D eigenvalue weighted by Gasteiger charge is -2.27. The lowest BCUT2D eigenvalue weighted by molar-refractivity contribution is 0.251. The molecule has 18 heavy (non-hydrogen) atoms. The predicted octanol–water partition coefficient (Wildman–Crippen LogP) is 1.68. The van der Waals surface area contributed by atoms with Crippen LogP contribution in [0.15, 0.2) is 0 Å². The monoisotopic (exact) mass is 276 g/mol. The van der Waals surface area contributed by atoms with Gasteiger partial charge in [-0.25, -0.2) is 12.7 Å². The molecular formula is C13H28N2O2S. The van der Waals surface area contributed by atoms with Crippen LogP contribution in [0.5, 0.6) is 0 Å². The Morgan fingerprint density at radius 1 is 1.39 bits per heavy atom. The highest BCUT2D eigenvalue weighted by atomic mass is 32.2. The van der Waals surface area contributed by atoms with Crippen molar-refractivity contribution >= 4 is 10.0 Å². The number of sulfonamides is 1. The number of hydrogen-bond acceptors (Lipinski definition) is 3. The van der Waals surface area contributed by atoms with Crippen molar-refractivity contribution in [3.05, 3.63) is 0 Å². The molecule has 4 nitrogen and oxygen atoms in total. The molecule has 1 N–H and O–H groups in total. The van der Waals surface area contributed by atoms with Crippen LogP contribution >= 0.6 is 0 Å². The third kappa shape index (κ3) is 3.68. The minimum absolute atomic E-state index is 0.190. The maximum atomic E-state index is 12.4. The standard InChI is InChI=1S/C13H28N2O2S/c1-6-14-9-11(2)18(16,17)15-8-7-12(10-15)13(3,4)5/h11-12,14H,6-10H2,1-5H3. The molecule has 1 saturated heterocycles. The van der Waals surface area contributed by atoms with E-state index in [1.807, 2.05) is 6.92 Å². The molecule has 2 atom stereocenters. The molecule has 0 bridgehead atoms. The van der Waals surface area contributed by atoms with Crippen LogP contribution in [-0.2, 0) is 10.0 Å². The van der Waals surface area contributed by atoms with Gasteiger partial charge in [0, 0.05) is 19.6 Å². The van der Waals surface area contributed by atoms with Crippen molar-refractivity contribution < 1.29 is 8.42 Å². The minimum Gasteiger partial charge on any atom is -0.316 e. The first-order valence-electron chi connectivity index (χ1n) is 6.89. The number of hydrogen-bond donors (Lipinski definition) is 1. The average molecular weight is 276 g/mol. The zero-order valence-electron chi connectivity index (χ0n) is 12.4. The third-order valence-electron chi connectivity index (χ3n) is 3.93. The zero-order chi connectivity index (χ0) is 14.0. The Bertz CT molecular complexity index is 360. The fourth-order valence-electron chi connectivity index (χ4n) is 2.37. The number of nitrogens with zero attached hydrogens (tertiary/aromatic N) is 1. The Hall–Kier alpha value is -0.130. The Kier molecular flexibility index (Phi) is 5.21. The summed E-state index contributed by atoms with van der Waals surface area (Å²) >= 11 is 0. The Morgan fingerprint density at radius 3 is 2.44 bits per heavy atom. The molecule has 1 fully saturated rings. The quantitative estimate of drug-likeness (QED) is 0.831. The van der Waals surface area contributed by atoms with Gasteiger partial charge in [-0.15, -0.1) is 0 Å². The van der Waals surface area contributed by atoms with E-state index in [2.05, 4.69) is 26.1 Å². The molecule has 1 aliphatic heterocycles. The first-order valence-corrected chi connectivity index (χ1v) is 8.39. The summed E-state index contributed by atoms with van der Waals surface area (Å²) in [7, 11) is -3.13. The van der Waals surface area contributed by atoms with E-state index >= 15 is 0 Å². The van der Waals surface area contributed by atoms with Crippen molar-refractivity contribution in [2.75, 3.05) is 26.2 Å². The van der Waals surface area contributed by atoms with E-state index < -0.39 is 10.0 Å². The molecule has 0 aromatic rings. The van der Waals surface area contributed by atoms with E-state index in [0.717, 1.165) is 13.0 Å². The highest BCUT2D eigenvalue weighted by Crippen LogP contribution is 2.35. The first kappa shape index (κ1) is 15.9. The normalized spacial score (nSPS) is 24.4. The highest BCUT2D eigenvalue weighted by molar-refractivity contribution is 7.89. The molecular weight excluding hydrogens is 248 g/mol. The Balaban J connectivity index is 2.66. The summed E-state index contributed by atoms with van der Waals surface area (Å²) in [6.07, 6.45) is 0.983. The SMILES string of the molecule is CCNCC(C)S(=O)(=O)N1CCC(C(C)(C)C)C1. The second-order valence-electron chi connectivity index (χ2n) is 6.37. The maximum Gasteiger partial charge on any atom is 0.217 e. The van der Waals surface area contributed by atoms with Crippen LogP contribution in [0.3, 0.4) is 0 Å². The average Bonchev–Trinajstić information content (AvgIpc) is 2.74. The van der Waals surface area contributed by atoms with Gasteiger partial charge in [0.25, 0.3) is 0 Å². The molecule has 1 aliphatic rings. The molecule has 0 saturated carbocycles. The van der Waals surface area contributed by atoms with Crippen LogP contribution in [0.4, 0.5) is 0 Å². The van der Waals surface area contributed by atoms with Crippen LogP contribution in [-0.4, -0.2) is 44.2 Å².